The van der Waals surface area contributed by atoms with Gasteiger partial charge in [0, 0.05) is 17.5 Å². The lowest BCUT2D eigenvalue weighted by molar-refractivity contribution is -0.124. The molecule has 8 nitrogen and oxygen atoms in total. The molecule has 2 aliphatic rings. The quantitative estimate of drug-likeness (QED) is 0.746. The molecule has 29 heavy (non-hydrogen) atoms. The molecule has 4 rings (SSSR count). The molecule has 0 unspecified atom stereocenters. The Labute approximate surface area is 172 Å². The first-order valence-corrected chi connectivity index (χ1v) is 11.6. The van der Waals surface area contributed by atoms with Crippen LogP contribution in [0.3, 0.4) is 0 Å². The van der Waals surface area contributed by atoms with E-state index in [-0.39, 0.29) is 29.9 Å². The molecule has 2 aromatic rings. The number of aryl methyl sites for hydroxylation is 1. The van der Waals surface area contributed by atoms with Gasteiger partial charge in [0.25, 0.3) is 5.91 Å². The minimum atomic E-state index is -3.90. The van der Waals surface area contributed by atoms with Crippen LogP contribution in [0.1, 0.15) is 23.3 Å². The fraction of sp³-hybridized carbons (Fsp3) is 0.368. The zero-order valence-electron chi connectivity index (χ0n) is 15.8. The van der Waals surface area contributed by atoms with Gasteiger partial charge in [0.15, 0.2) is 6.61 Å². The third-order valence-electron chi connectivity index (χ3n) is 5.02. The topological polar surface area (TPSA) is 105 Å². The normalized spacial score (nSPS) is 19.3. The van der Waals surface area contributed by atoms with Gasteiger partial charge in [-0.1, -0.05) is 6.07 Å². The smallest absolute Gasteiger partial charge is 0.262 e. The van der Waals surface area contributed by atoms with E-state index in [1.165, 1.54) is 21.7 Å². The van der Waals surface area contributed by atoms with Gasteiger partial charge >= 0.3 is 0 Å². The highest BCUT2D eigenvalue weighted by molar-refractivity contribution is 7.89. The van der Waals surface area contributed by atoms with Crippen molar-refractivity contribution in [2.45, 2.75) is 37.2 Å². The number of ether oxygens (including phenoxy) is 1. The van der Waals surface area contributed by atoms with Gasteiger partial charge in [0.1, 0.15) is 11.8 Å². The van der Waals surface area contributed by atoms with Crippen molar-refractivity contribution in [3.8, 4) is 5.75 Å². The number of carbonyl (C=O) groups is 2. The zero-order valence-corrected chi connectivity index (χ0v) is 17.4. The molecule has 1 aromatic carbocycles. The third kappa shape index (κ3) is 3.87. The predicted molar refractivity (Wildman–Crippen MR) is 108 cm³/mol. The number of anilines is 1. The van der Waals surface area contributed by atoms with E-state index in [9.17, 15) is 18.0 Å². The number of hydrogen-bond acceptors (Lipinski definition) is 6. The van der Waals surface area contributed by atoms with Crippen molar-refractivity contribution in [1.29, 1.82) is 0 Å². The lowest BCUT2D eigenvalue weighted by atomic mass is 10.2. The number of hydrogen-bond donors (Lipinski definition) is 2. The second-order valence-electron chi connectivity index (χ2n) is 7.02. The molecule has 1 saturated heterocycles. The van der Waals surface area contributed by atoms with Crippen LogP contribution in [0.2, 0.25) is 0 Å². The Balaban J connectivity index is 1.57. The Morgan fingerprint density at radius 3 is 3.00 bits per heavy atom. The number of nitrogens with zero attached hydrogens (tertiary/aromatic N) is 1. The van der Waals surface area contributed by atoms with Crippen LogP contribution in [-0.4, -0.2) is 43.7 Å². The summed E-state index contributed by atoms with van der Waals surface area (Å²) >= 11 is 1.54. The molecule has 10 heteroatoms. The Bertz CT molecular complexity index is 1050. The van der Waals surface area contributed by atoms with Gasteiger partial charge in [0.05, 0.1) is 17.1 Å². The molecule has 1 fully saturated rings. The predicted octanol–water partition coefficient (Wildman–Crippen LogP) is 1.86. The Morgan fingerprint density at radius 2 is 2.24 bits per heavy atom. The fourth-order valence-corrected chi connectivity index (χ4v) is 6.14. The molecular weight excluding hydrogens is 414 g/mol. The summed E-state index contributed by atoms with van der Waals surface area (Å²) in [5.41, 5.74) is 0.934. The van der Waals surface area contributed by atoms with Gasteiger partial charge in [0.2, 0.25) is 15.9 Å². The van der Waals surface area contributed by atoms with E-state index >= 15 is 0 Å². The van der Waals surface area contributed by atoms with E-state index in [0.29, 0.717) is 36.4 Å². The average molecular weight is 436 g/mol. The van der Waals surface area contributed by atoms with Gasteiger partial charge in [-0.15, -0.1) is 11.3 Å². The van der Waals surface area contributed by atoms with Crippen LogP contribution in [0.15, 0.2) is 34.5 Å². The van der Waals surface area contributed by atoms with Crippen LogP contribution in [0, 0.1) is 6.92 Å². The van der Waals surface area contributed by atoms with Crippen LogP contribution in [0.4, 0.5) is 5.69 Å². The molecule has 2 N–H and O–H groups in total. The summed E-state index contributed by atoms with van der Waals surface area (Å²) in [7, 11) is -3.90. The highest BCUT2D eigenvalue weighted by Crippen LogP contribution is 2.36. The van der Waals surface area contributed by atoms with Crippen LogP contribution in [0.25, 0.3) is 0 Å². The minimum Gasteiger partial charge on any atom is -0.482 e. The molecule has 2 aliphatic heterocycles. The van der Waals surface area contributed by atoms with Crippen LogP contribution < -0.4 is 15.4 Å². The largest absolute Gasteiger partial charge is 0.482 e. The van der Waals surface area contributed by atoms with E-state index in [0.717, 1.165) is 4.88 Å². The first-order valence-electron chi connectivity index (χ1n) is 9.25. The molecule has 154 valence electrons. The molecule has 0 aliphatic carbocycles. The Hall–Kier alpha value is -2.43. The standard InChI is InChI=1S/C19H21N3O5S2/c1-12-8-14-16(27-11-18(23)21-14)9-17(12)29(25,26)22-6-2-5-15(22)19(24)20-10-13-4-3-7-28-13/h3-4,7-9,15H,2,5-6,10-11H2,1H3,(H,20,24)(H,21,23)/t15-/m0/s1. The molecule has 2 amide bonds. The number of sulfonamides is 1. The lowest BCUT2D eigenvalue weighted by Crippen LogP contribution is -2.45. The molecule has 0 spiro atoms. The highest BCUT2D eigenvalue weighted by Gasteiger charge is 2.40. The summed E-state index contributed by atoms with van der Waals surface area (Å²) < 4.78 is 33.4. The van der Waals surface area contributed by atoms with Crippen molar-refractivity contribution >= 4 is 38.9 Å². The lowest BCUT2D eigenvalue weighted by Gasteiger charge is -2.25. The number of thiophene rings is 1. The van der Waals surface area contributed by atoms with E-state index in [1.54, 1.807) is 13.0 Å². The highest BCUT2D eigenvalue weighted by atomic mass is 32.2. The van der Waals surface area contributed by atoms with Crippen molar-refractivity contribution in [1.82, 2.24) is 9.62 Å². The van der Waals surface area contributed by atoms with E-state index < -0.39 is 16.1 Å². The molecule has 1 atom stereocenters. The number of fused-ring (bicyclic) bond motifs is 1. The van der Waals surface area contributed by atoms with Crippen LogP contribution in [-0.2, 0) is 26.2 Å². The summed E-state index contributed by atoms with van der Waals surface area (Å²) in [6.45, 7) is 2.17. The van der Waals surface area contributed by atoms with Gasteiger partial charge < -0.3 is 15.4 Å². The number of carbonyl (C=O) groups excluding carboxylic acids is 2. The minimum absolute atomic E-state index is 0.0883. The van der Waals surface area contributed by atoms with Crippen LogP contribution in [0.5, 0.6) is 5.75 Å². The number of benzene rings is 1. The van der Waals surface area contributed by atoms with Crippen molar-refractivity contribution in [3.05, 3.63) is 40.1 Å². The summed E-state index contributed by atoms with van der Waals surface area (Å²) in [5, 5.41) is 7.44. The van der Waals surface area contributed by atoms with Crippen molar-refractivity contribution in [3.63, 3.8) is 0 Å². The van der Waals surface area contributed by atoms with Crippen molar-refractivity contribution < 1.29 is 22.7 Å². The summed E-state index contributed by atoms with van der Waals surface area (Å²) in [5.74, 6) is -0.264. The number of amides is 2. The van der Waals surface area contributed by atoms with Gasteiger partial charge in [-0.3, -0.25) is 9.59 Å². The van der Waals surface area contributed by atoms with Gasteiger partial charge in [-0.2, -0.15) is 4.31 Å². The van der Waals surface area contributed by atoms with Crippen LogP contribution >= 0.6 is 11.3 Å². The Kier molecular flexibility index (Phi) is 5.32. The van der Waals surface area contributed by atoms with Gasteiger partial charge in [-0.25, -0.2) is 8.42 Å². The van der Waals surface area contributed by atoms with E-state index in [4.69, 9.17) is 4.74 Å². The van der Waals surface area contributed by atoms with E-state index in [2.05, 4.69) is 10.6 Å². The first kappa shape index (κ1) is 19.9. The number of nitrogens with one attached hydrogen (secondary N) is 2. The third-order valence-corrected chi connectivity index (χ3v) is 7.95. The molecule has 0 radical (unpaired) electrons. The molecule has 3 heterocycles. The average Bonchev–Trinajstić information content (AvgIpc) is 3.37. The van der Waals surface area contributed by atoms with Crippen molar-refractivity contribution in [2.75, 3.05) is 18.5 Å². The first-order chi connectivity index (χ1) is 13.9. The SMILES string of the molecule is Cc1cc2c(cc1S(=O)(=O)N1CCC[C@H]1C(=O)NCc1cccs1)OCC(=O)N2. The maximum atomic E-state index is 13.4. The summed E-state index contributed by atoms with van der Waals surface area (Å²) in [6.07, 6.45) is 1.10. The maximum absolute atomic E-state index is 13.4. The second-order valence-corrected chi connectivity index (χ2v) is 9.91. The van der Waals surface area contributed by atoms with E-state index in [1.807, 2.05) is 17.5 Å². The fourth-order valence-electron chi connectivity index (χ4n) is 3.62. The Morgan fingerprint density at radius 1 is 1.41 bits per heavy atom. The zero-order chi connectivity index (χ0) is 20.6. The number of rotatable bonds is 5. The van der Waals surface area contributed by atoms with Crippen molar-refractivity contribution in [2.24, 2.45) is 0 Å². The van der Waals surface area contributed by atoms with Gasteiger partial charge in [-0.05, 0) is 42.8 Å². The second kappa shape index (κ2) is 7.77. The maximum Gasteiger partial charge on any atom is 0.262 e. The monoisotopic (exact) mass is 435 g/mol. The molecule has 0 bridgehead atoms. The molecule has 1 aromatic heterocycles. The summed E-state index contributed by atoms with van der Waals surface area (Å²) in [6, 6.07) is 6.10. The molecular formula is C19H21N3O5S2. The summed E-state index contributed by atoms with van der Waals surface area (Å²) in [4.78, 5) is 25.3. The molecule has 0 saturated carbocycles.